The molecule has 1 aromatic heterocycles. The van der Waals surface area contributed by atoms with E-state index in [0.29, 0.717) is 5.56 Å². The van der Waals surface area contributed by atoms with Crippen molar-refractivity contribution >= 4 is 40.4 Å². The van der Waals surface area contributed by atoms with Gasteiger partial charge in [0.1, 0.15) is 0 Å². The highest BCUT2D eigenvalue weighted by atomic mass is 32.2. The lowest BCUT2D eigenvalue weighted by atomic mass is 10.1. The molecule has 27 heavy (non-hydrogen) atoms. The number of anilines is 2. The Morgan fingerprint density at radius 2 is 1.96 bits per heavy atom. The van der Waals surface area contributed by atoms with Gasteiger partial charge in [-0.15, -0.1) is 11.3 Å². The number of carbonyl (C=O) groups excluding carboxylic acids is 1. The maximum atomic E-state index is 12.7. The number of carbonyl (C=O) groups is 1. The van der Waals surface area contributed by atoms with Gasteiger partial charge >= 0.3 is 0 Å². The molecule has 138 valence electrons. The summed E-state index contributed by atoms with van der Waals surface area (Å²) in [6.45, 7) is 1.87. The van der Waals surface area contributed by atoms with E-state index in [1.807, 2.05) is 53.8 Å². The first kappa shape index (κ1) is 18.1. The third-order valence-electron chi connectivity index (χ3n) is 4.83. The van der Waals surface area contributed by atoms with Crippen LogP contribution < -0.4 is 10.2 Å². The molecular weight excluding hydrogens is 372 g/mol. The second-order valence-corrected chi connectivity index (χ2v) is 8.51. The number of rotatable bonds is 5. The average Bonchev–Trinajstić information content (AvgIpc) is 3.17. The predicted molar refractivity (Wildman–Crippen MR) is 117 cm³/mol. The van der Waals surface area contributed by atoms with Crippen molar-refractivity contribution in [2.75, 3.05) is 23.0 Å². The molecule has 0 unspecified atom stereocenters. The van der Waals surface area contributed by atoms with Crippen molar-refractivity contribution < 1.29 is 4.79 Å². The van der Waals surface area contributed by atoms with Crippen LogP contribution in [0.3, 0.4) is 0 Å². The molecule has 0 atom stereocenters. The van der Waals surface area contributed by atoms with Gasteiger partial charge in [-0.2, -0.15) is 11.8 Å². The van der Waals surface area contributed by atoms with Crippen LogP contribution in [0.4, 0.5) is 11.4 Å². The number of nitrogens with one attached hydrogen (secondary N) is 1. The van der Waals surface area contributed by atoms with Gasteiger partial charge < -0.3 is 10.2 Å². The van der Waals surface area contributed by atoms with Crippen LogP contribution in [0.2, 0.25) is 0 Å². The SMILES string of the molecule is CSCc1ccc(C(=O)Nc2ccccc2N2CCc3sccc3C2)cc1. The Balaban J connectivity index is 1.52. The van der Waals surface area contributed by atoms with Gasteiger partial charge in [-0.05, 0) is 59.5 Å². The predicted octanol–water partition coefficient (Wildman–Crippen LogP) is 5.43. The number of amides is 1. The number of thiophene rings is 1. The molecule has 1 amide bonds. The highest BCUT2D eigenvalue weighted by molar-refractivity contribution is 7.97. The van der Waals surface area contributed by atoms with Crippen LogP contribution in [0.25, 0.3) is 0 Å². The summed E-state index contributed by atoms with van der Waals surface area (Å²) >= 11 is 3.62. The Morgan fingerprint density at radius 1 is 1.15 bits per heavy atom. The lowest BCUT2D eigenvalue weighted by molar-refractivity contribution is 0.102. The molecule has 0 spiro atoms. The molecule has 0 saturated carbocycles. The lowest BCUT2D eigenvalue weighted by Gasteiger charge is -2.30. The molecule has 0 radical (unpaired) electrons. The Hall–Kier alpha value is -2.24. The molecule has 1 N–H and O–H groups in total. The van der Waals surface area contributed by atoms with Crippen LogP contribution in [0, 0.1) is 0 Å². The second kappa shape index (κ2) is 8.19. The summed E-state index contributed by atoms with van der Waals surface area (Å²) in [4.78, 5) is 16.6. The lowest BCUT2D eigenvalue weighted by Crippen LogP contribution is -2.30. The van der Waals surface area contributed by atoms with Gasteiger partial charge in [-0.1, -0.05) is 24.3 Å². The summed E-state index contributed by atoms with van der Waals surface area (Å²) in [5.41, 5.74) is 5.28. The fourth-order valence-corrected chi connectivity index (χ4v) is 4.84. The van der Waals surface area contributed by atoms with Crippen molar-refractivity contribution in [3.05, 3.63) is 81.5 Å². The fourth-order valence-electron chi connectivity index (χ4n) is 3.42. The van der Waals surface area contributed by atoms with Gasteiger partial charge in [-0.3, -0.25) is 4.79 Å². The van der Waals surface area contributed by atoms with Gasteiger partial charge in [-0.25, -0.2) is 0 Å². The molecule has 5 heteroatoms. The molecule has 0 fully saturated rings. The highest BCUT2D eigenvalue weighted by Crippen LogP contribution is 2.32. The molecule has 1 aliphatic rings. The molecule has 2 heterocycles. The van der Waals surface area contributed by atoms with Crippen LogP contribution >= 0.6 is 23.1 Å². The number of nitrogens with zero attached hydrogens (tertiary/aromatic N) is 1. The van der Waals surface area contributed by atoms with Crippen LogP contribution in [0.5, 0.6) is 0 Å². The summed E-state index contributed by atoms with van der Waals surface area (Å²) in [7, 11) is 0. The number of hydrogen-bond donors (Lipinski definition) is 1. The minimum Gasteiger partial charge on any atom is -0.365 e. The van der Waals surface area contributed by atoms with Gasteiger partial charge in [0.15, 0.2) is 0 Å². The normalized spacial score (nSPS) is 13.3. The molecule has 2 aromatic carbocycles. The van der Waals surface area contributed by atoms with Gasteiger partial charge in [0.25, 0.3) is 5.91 Å². The van der Waals surface area contributed by atoms with E-state index in [0.717, 1.165) is 36.6 Å². The van der Waals surface area contributed by atoms with Crippen LogP contribution in [0.1, 0.15) is 26.4 Å². The Bertz CT molecular complexity index is 933. The van der Waals surface area contributed by atoms with Gasteiger partial charge in [0, 0.05) is 29.3 Å². The van der Waals surface area contributed by atoms with E-state index in [9.17, 15) is 4.79 Å². The third-order valence-corrected chi connectivity index (χ3v) is 6.47. The van der Waals surface area contributed by atoms with E-state index in [4.69, 9.17) is 0 Å². The first-order valence-electron chi connectivity index (χ1n) is 9.03. The van der Waals surface area contributed by atoms with Gasteiger partial charge in [0.2, 0.25) is 0 Å². The monoisotopic (exact) mass is 394 g/mol. The van der Waals surface area contributed by atoms with Crippen LogP contribution in [-0.2, 0) is 18.7 Å². The van der Waals surface area contributed by atoms with E-state index < -0.39 is 0 Å². The van der Waals surface area contributed by atoms with Crippen molar-refractivity contribution in [3.8, 4) is 0 Å². The first-order valence-corrected chi connectivity index (χ1v) is 11.3. The Morgan fingerprint density at radius 3 is 2.78 bits per heavy atom. The summed E-state index contributed by atoms with van der Waals surface area (Å²) in [6.07, 6.45) is 3.14. The highest BCUT2D eigenvalue weighted by Gasteiger charge is 2.20. The van der Waals surface area contributed by atoms with E-state index in [1.54, 1.807) is 11.8 Å². The minimum absolute atomic E-state index is 0.0635. The Kier molecular flexibility index (Phi) is 5.50. The van der Waals surface area contributed by atoms with Gasteiger partial charge in [0.05, 0.1) is 11.4 Å². The zero-order valence-electron chi connectivity index (χ0n) is 15.3. The number of fused-ring (bicyclic) bond motifs is 1. The van der Waals surface area contributed by atoms with Crippen molar-refractivity contribution in [2.24, 2.45) is 0 Å². The fraction of sp³-hybridized carbons (Fsp3) is 0.227. The largest absolute Gasteiger partial charge is 0.365 e. The molecule has 0 saturated heterocycles. The maximum absolute atomic E-state index is 12.7. The summed E-state index contributed by atoms with van der Waals surface area (Å²) in [5, 5.41) is 5.28. The maximum Gasteiger partial charge on any atom is 0.255 e. The molecule has 4 rings (SSSR count). The zero-order valence-corrected chi connectivity index (χ0v) is 16.9. The van der Waals surface area contributed by atoms with E-state index in [2.05, 4.69) is 34.0 Å². The zero-order chi connectivity index (χ0) is 18.6. The van der Waals surface area contributed by atoms with Crippen molar-refractivity contribution in [1.29, 1.82) is 0 Å². The molecule has 3 aromatic rings. The number of benzene rings is 2. The summed E-state index contributed by atoms with van der Waals surface area (Å²) in [6, 6.07) is 18.2. The number of para-hydroxylation sites is 2. The first-order chi connectivity index (χ1) is 13.2. The van der Waals surface area contributed by atoms with Crippen molar-refractivity contribution in [3.63, 3.8) is 0 Å². The molecule has 0 bridgehead atoms. The summed E-state index contributed by atoms with van der Waals surface area (Å²) < 4.78 is 0. The van der Waals surface area contributed by atoms with Crippen molar-refractivity contribution in [2.45, 2.75) is 18.7 Å². The molecule has 0 aliphatic carbocycles. The average molecular weight is 395 g/mol. The minimum atomic E-state index is -0.0635. The Labute approximate surface area is 168 Å². The number of hydrogen-bond acceptors (Lipinski definition) is 4. The smallest absolute Gasteiger partial charge is 0.255 e. The molecular formula is C22H22N2OS2. The van der Waals surface area contributed by atoms with Crippen molar-refractivity contribution in [1.82, 2.24) is 0 Å². The van der Waals surface area contributed by atoms with Crippen LogP contribution in [-0.4, -0.2) is 18.7 Å². The molecule has 3 nitrogen and oxygen atoms in total. The summed E-state index contributed by atoms with van der Waals surface area (Å²) in [5.74, 6) is 0.899. The second-order valence-electron chi connectivity index (χ2n) is 6.64. The third kappa shape index (κ3) is 4.04. The standard InChI is InChI=1S/C22H22N2OS2/c1-26-15-16-6-8-17(9-7-16)22(25)23-19-4-2-3-5-20(19)24-12-10-21-18(14-24)11-13-27-21/h2-9,11,13H,10,12,14-15H2,1H3,(H,23,25). The van der Waals surface area contributed by atoms with E-state index in [1.165, 1.54) is 16.0 Å². The van der Waals surface area contributed by atoms with Crippen LogP contribution in [0.15, 0.2) is 60.0 Å². The topological polar surface area (TPSA) is 32.3 Å². The van der Waals surface area contributed by atoms with E-state index >= 15 is 0 Å². The molecule has 1 aliphatic heterocycles. The number of thioether (sulfide) groups is 1. The quantitative estimate of drug-likeness (QED) is 0.626. The van der Waals surface area contributed by atoms with E-state index in [-0.39, 0.29) is 5.91 Å².